The van der Waals surface area contributed by atoms with E-state index in [2.05, 4.69) is 21.6 Å². The summed E-state index contributed by atoms with van der Waals surface area (Å²) in [7, 11) is 1.80. The Hall–Kier alpha value is -1.12. The quantitative estimate of drug-likeness (QED) is 0.563. The number of aromatic nitrogens is 2. The molecule has 1 radical (unpaired) electrons. The second kappa shape index (κ2) is 2.26. The molecule has 0 saturated carbocycles. The second-order valence-electron chi connectivity index (χ2n) is 1.29. The lowest BCUT2D eigenvalue weighted by atomic mass is 10.6. The van der Waals surface area contributed by atoms with E-state index in [1.54, 1.807) is 19.3 Å². The largest absolute Gasteiger partial charge is 0.373 e. The van der Waals surface area contributed by atoms with E-state index < -0.39 is 0 Å². The number of hydrogen-bond donors (Lipinski definition) is 1. The Kier molecular flexibility index (Phi) is 1.42. The van der Waals surface area contributed by atoms with Gasteiger partial charge >= 0.3 is 0 Å². The maximum atomic E-state index is 3.75. The topological polar surface area (TPSA) is 37.8 Å². The van der Waals surface area contributed by atoms with Crippen LogP contribution in [0.3, 0.4) is 0 Å². The van der Waals surface area contributed by atoms with E-state index in [0.717, 1.165) is 5.82 Å². The molecule has 0 fully saturated rings. The van der Waals surface area contributed by atoms with Crippen LogP contribution in [0.1, 0.15) is 0 Å². The third-order valence-electron chi connectivity index (χ3n) is 0.791. The molecule has 1 N–H and O–H groups in total. The highest BCUT2D eigenvalue weighted by molar-refractivity contribution is 5.29. The van der Waals surface area contributed by atoms with Gasteiger partial charge in [-0.25, -0.2) is 9.97 Å². The number of rotatable bonds is 1. The number of nitrogens with one attached hydrogen (secondary N) is 1. The van der Waals surface area contributed by atoms with Crippen LogP contribution in [0, 0.1) is 6.33 Å². The molecule has 0 aliphatic rings. The van der Waals surface area contributed by atoms with Crippen molar-refractivity contribution in [2.24, 2.45) is 0 Å². The van der Waals surface area contributed by atoms with Crippen LogP contribution in [-0.4, -0.2) is 17.0 Å². The van der Waals surface area contributed by atoms with Crippen molar-refractivity contribution in [2.45, 2.75) is 0 Å². The fourth-order valence-corrected chi connectivity index (χ4v) is 0.400. The molecule has 1 rings (SSSR count). The van der Waals surface area contributed by atoms with Gasteiger partial charge in [0.15, 0.2) is 6.33 Å². The second-order valence-corrected chi connectivity index (χ2v) is 1.29. The monoisotopic (exact) mass is 108 g/mol. The summed E-state index contributed by atoms with van der Waals surface area (Å²) >= 11 is 0. The zero-order valence-corrected chi connectivity index (χ0v) is 4.55. The number of nitrogens with zero attached hydrogens (tertiary/aromatic N) is 2. The maximum Gasteiger partial charge on any atom is 0.199 e. The molecule has 0 spiro atoms. The summed E-state index contributed by atoms with van der Waals surface area (Å²) in [6.45, 7) is 0. The van der Waals surface area contributed by atoms with Gasteiger partial charge in [-0.2, -0.15) is 0 Å². The first-order valence-corrected chi connectivity index (χ1v) is 2.30. The third kappa shape index (κ3) is 0.932. The maximum absolute atomic E-state index is 3.75. The molecule has 0 saturated heterocycles. The first kappa shape index (κ1) is 5.03. The van der Waals surface area contributed by atoms with Crippen LogP contribution < -0.4 is 5.32 Å². The lowest BCUT2D eigenvalue weighted by Crippen LogP contribution is -1.90. The molecule has 3 nitrogen and oxygen atoms in total. The highest BCUT2D eigenvalue weighted by Gasteiger charge is 1.81. The SMILES string of the molecule is CNc1ccn[c]n1. The Bertz CT molecular complexity index is 149. The van der Waals surface area contributed by atoms with Gasteiger partial charge in [-0.3, -0.25) is 0 Å². The van der Waals surface area contributed by atoms with E-state index >= 15 is 0 Å². The highest BCUT2D eigenvalue weighted by atomic mass is 15.0. The Labute approximate surface area is 47.8 Å². The highest BCUT2D eigenvalue weighted by Crippen LogP contribution is 1.92. The minimum atomic E-state index is 0.792. The molecule has 3 heteroatoms. The average Bonchev–Trinajstić information content (AvgIpc) is 1.90. The average molecular weight is 108 g/mol. The summed E-state index contributed by atoms with van der Waals surface area (Å²) in [6, 6.07) is 1.77. The molecule has 41 valence electrons. The van der Waals surface area contributed by atoms with E-state index in [1.807, 2.05) is 0 Å². The normalized spacial score (nSPS) is 8.62. The van der Waals surface area contributed by atoms with Gasteiger partial charge in [-0.1, -0.05) is 0 Å². The number of hydrogen-bond acceptors (Lipinski definition) is 3. The van der Waals surface area contributed by atoms with Crippen molar-refractivity contribution >= 4 is 5.82 Å². The fourth-order valence-electron chi connectivity index (χ4n) is 0.400. The molecule has 0 atom stereocenters. The van der Waals surface area contributed by atoms with Crippen LogP contribution in [0.5, 0.6) is 0 Å². The van der Waals surface area contributed by atoms with Crippen molar-refractivity contribution in [3.05, 3.63) is 18.6 Å². The van der Waals surface area contributed by atoms with Gasteiger partial charge in [0.2, 0.25) is 0 Å². The van der Waals surface area contributed by atoms with Crippen molar-refractivity contribution in [1.82, 2.24) is 9.97 Å². The smallest absolute Gasteiger partial charge is 0.199 e. The number of anilines is 1. The predicted molar refractivity (Wildman–Crippen MR) is 30.4 cm³/mol. The van der Waals surface area contributed by atoms with E-state index in [-0.39, 0.29) is 0 Å². The van der Waals surface area contributed by atoms with Crippen molar-refractivity contribution in [1.29, 1.82) is 0 Å². The molecule has 0 amide bonds. The summed E-state index contributed by atoms with van der Waals surface area (Å²) in [5.74, 6) is 0.792. The van der Waals surface area contributed by atoms with Gasteiger partial charge in [0.1, 0.15) is 5.82 Å². The first-order chi connectivity index (χ1) is 3.93. The minimum Gasteiger partial charge on any atom is -0.373 e. The fraction of sp³-hybridized carbons (Fsp3) is 0.200. The van der Waals surface area contributed by atoms with Gasteiger partial charge in [-0.05, 0) is 6.07 Å². The third-order valence-corrected chi connectivity index (χ3v) is 0.791. The molecule has 0 unspecified atom stereocenters. The Morgan fingerprint density at radius 1 is 1.75 bits per heavy atom. The van der Waals surface area contributed by atoms with Crippen LogP contribution in [0.15, 0.2) is 12.3 Å². The zero-order valence-electron chi connectivity index (χ0n) is 4.55. The van der Waals surface area contributed by atoms with E-state index in [0.29, 0.717) is 0 Å². The summed E-state index contributed by atoms with van der Waals surface area (Å²) in [4.78, 5) is 7.37. The van der Waals surface area contributed by atoms with Gasteiger partial charge in [0.25, 0.3) is 0 Å². The van der Waals surface area contributed by atoms with Gasteiger partial charge < -0.3 is 5.32 Å². The molecule has 0 aliphatic carbocycles. The molecule has 8 heavy (non-hydrogen) atoms. The lowest BCUT2D eigenvalue weighted by Gasteiger charge is -1.91. The standard InChI is InChI=1S/C5H6N3/c1-6-5-2-3-7-4-8-5/h2-3H,1H3,(H,6,7,8). The van der Waals surface area contributed by atoms with Gasteiger partial charge in [0, 0.05) is 13.2 Å². The molecule has 0 aromatic carbocycles. The minimum absolute atomic E-state index is 0.792. The predicted octanol–water partition coefficient (Wildman–Crippen LogP) is 0.318. The van der Waals surface area contributed by atoms with Crippen molar-refractivity contribution in [3.63, 3.8) is 0 Å². The van der Waals surface area contributed by atoms with E-state index in [9.17, 15) is 0 Å². The van der Waals surface area contributed by atoms with Gasteiger partial charge in [-0.15, -0.1) is 0 Å². The lowest BCUT2D eigenvalue weighted by molar-refractivity contribution is 1.14. The van der Waals surface area contributed by atoms with Crippen LogP contribution in [0.2, 0.25) is 0 Å². The van der Waals surface area contributed by atoms with Crippen molar-refractivity contribution < 1.29 is 0 Å². The molecular formula is C5H6N3. The molecule has 0 aliphatic heterocycles. The van der Waals surface area contributed by atoms with Crippen LogP contribution >= 0.6 is 0 Å². The molecular weight excluding hydrogens is 102 g/mol. The summed E-state index contributed by atoms with van der Waals surface area (Å²) < 4.78 is 0. The van der Waals surface area contributed by atoms with E-state index in [1.165, 1.54) is 0 Å². The van der Waals surface area contributed by atoms with Crippen LogP contribution in [0.4, 0.5) is 5.82 Å². The molecule has 0 bridgehead atoms. The Morgan fingerprint density at radius 2 is 2.62 bits per heavy atom. The summed E-state index contributed by atoms with van der Waals surface area (Å²) in [6.07, 6.45) is 4.09. The Balaban J connectivity index is 2.83. The van der Waals surface area contributed by atoms with Crippen LogP contribution in [0.25, 0.3) is 0 Å². The summed E-state index contributed by atoms with van der Waals surface area (Å²) in [5.41, 5.74) is 0. The molecule has 1 heterocycles. The van der Waals surface area contributed by atoms with Crippen LogP contribution in [-0.2, 0) is 0 Å². The van der Waals surface area contributed by atoms with Gasteiger partial charge in [0.05, 0.1) is 0 Å². The molecule has 1 aromatic rings. The summed E-state index contributed by atoms with van der Waals surface area (Å²) in [5, 5.41) is 2.84. The molecule has 1 aromatic heterocycles. The Morgan fingerprint density at radius 3 is 3.00 bits per heavy atom. The van der Waals surface area contributed by atoms with Crippen molar-refractivity contribution in [3.8, 4) is 0 Å². The zero-order chi connectivity index (χ0) is 5.82. The first-order valence-electron chi connectivity index (χ1n) is 2.30. The van der Waals surface area contributed by atoms with Crippen molar-refractivity contribution in [2.75, 3.05) is 12.4 Å². The van der Waals surface area contributed by atoms with E-state index in [4.69, 9.17) is 0 Å².